The van der Waals surface area contributed by atoms with Crippen molar-refractivity contribution in [3.05, 3.63) is 65.2 Å². The summed E-state index contributed by atoms with van der Waals surface area (Å²) in [5.41, 5.74) is -0.245. The van der Waals surface area contributed by atoms with Gasteiger partial charge in [0.15, 0.2) is 52.9 Å². The van der Waals surface area contributed by atoms with Gasteiger partial charge in [0, 0.05) is 18.6 Å². The summed E-state index contributed by atoms with van der Waals surface area (Å²) < 4.78 is 71.4. The van der Waals surface area contributed by atoms with Gasteiger partial charge in [-0.05, 0) is 25.0 Å². The Balaban J connectivity index is 1.08. The third kappa shape index (κ3) is 7.45. The smallest absolute Gasteiger partial charge is 0.331 e. The van der Waals surface area contributed by atoms with E-state index in [2.05, 4.69) is 40.5 Å². The zero-order valence-electron chi connectivity index (χ0n) is 30.5. The number of fused-ring (bicyclic) bond motifs is 2. The summed E-state index contributed by atoms with van der Waals surface area (Å²) in [4.78, 5) is 61.3. The number of benzene rings is 1. The van der Waals surface area contributed by atoms with Crippen molar-refractivity contribution in [3.8, 4) is 0 Å². The number of nitrogens with one attached hydrogen (secondary N) is 3. The topological polar surface area (TPSA) is 240 Å². The number of alkyl halides is 2. The fourth-order valence-electron chi connectivity index (χ4n) is 6.51. The summed E-state index contributed by atoms with van der Waals surface area (Å²) in [5.74, 6) is -1.39. The molecule has 4 aromatic heterocycles. The highest BCUT2D eigenvalue weighted by molar-refractivity contribution is 7.53. The van der Waals surface area contributed by atoms with Crippen LogP contribution in [0.5, 0.6) is 0 Å². The van der Waals surface area contributed by atoms with Crippen molar-refractivity contribution in [3.63, 3.8) is 0 Å². The molecule has 22 heteroatoms. The van der Waals surface area contributed by atoms with Crippen molar-refractivity contribution in [1.29, 1.82) is 0 Å². The number of amides is 2. The summed E-state index contributed by atoms with van der Waals surface area (Å²) in [6.45, 7) is 4.99. The molecule has 2 aliphatic rings. The molecular weight excluding hydrogens is 761 g/mol. The van der Waals surface area contributed by atoms with Gasteiger partial charge in [-0.25, -0.2) is 28.7 Å². The Kier molecular flexibility index (Phi) is 11.1. The van der Waals surface area contributed by atoms with Crippen LogP contribution in [0.2, 0.25) is 0 Å². The maximum atomic E-state index is 16.0. The lowest BCUT2D eigenvalue weighted by atomic mass is 10.1. The Morgan fingerprint density at radius 3 is 2.38 bits per heavy atom. The molecule has 2 amide bonds. The number of aliphatic hydroxyl groups is 1. The molecular formula is C34H39F2N10O9P. The Bertz CT molecular complexity index is 2340. The Hall–Kier alpha value is -5.05. The molecule has 0 spiro atoms. The molecule has 298 valence electrons. The molecule has 19 nitrogen and oxygen atoms in total. The fraction of sp³-hybridized carbons (Fsp3) is 0.471. The number of halogens is 2. The van der Waals surface area contributed by atoms with E-state index in [1.165, 1.54) is 21.8 Å². The SMILES string of the molecule is CCC1OC(n2cnc3c(=O)[nH]c(NC(=O)C(C)C)nc32)C(OP(=O)(CCC2OC(n3cnc4c(NC(=O)c5ccccc5)ncnc43)C(F)C2O)OC)C1F. The predicted octanol–water partition coefficient (Wildman–Crippen LogP) is 3.66. The van der Waals surface area contributed by atoms with Gasteiger partial charge < -0.3 is 24.4 Å². The molecule has 0 bridgehead atoms. The largest absolute Gasteiger partial charge is 0.387 e. The first-order chi connectivity index (χ1) is 26.8. The first-order valence-electron chi connectivity index (χ1n) is 17.7. The standard InChI is InChI=1S/C34H39F2N10O9P/c1-5-18-20(35)25(33(53-18)46-15-40-23-28(46)42-34(44-31(23)50)43-29(48)16(2)3)55-56(51,52-4)12-11-19-24(47)21(36)32(54-19)45-14-39-22-26(37-13-38-27(22)45)41-30(49)17-9-7-6-8-10-17/h6-10,13-16,18-21,24-25,32-33,47H,5,11-12H2,1-4H3,(H,37,38,41,49)(H2,42,43,44,48,50). The molecule has 2 fully saturated rings. The van der Waals surface area contributed by atoms with Crippen LogP contribution in [0.4, 0.5) is 20.5 Å². The first-order valence-corrected chi connectivity index (χ1v) is 19.5. The van der Waals surface area contributed by atoms with Gasteiger partial charge in [0.1, 0.15) is 18.5 Å². The zero-order chi connectivity index (χ0) is 39.9. The van der Waals surface area contributed by atoms with Crippen molar-refractivity contribution in [1.82, 2.24) is 39.0 Å². The van der Waals surface area contributed by atoms with Crippen LogP contribution >= 0.6 is 7.60 Å². The number of hydrogen-bond donors (Lipinski definition) is 4. The highest BCUT2D eigenvalue weighted by atomic mass is 31.2. The summed E-state index contributed by atoms with van der Waals surface area (Å²) in [6, 6.07) is 8.41. The molecule has 7 rings (SSSR count). The fourth-order valence-corrected chi connectivity index (χ4v) is 8.05. The molecule has 9 atom stereocenters. The molecule has 4 N–H and O–H groups in total. The first kappa shape index (κ1) is 39.2. The second-order valence-corrected chi connectivity index (χ2v) is 15.8. The van der Waals surface area contributed by atoms with Crippen molar-refractivity contribution in [2.24, 2.45) is 5.92 Å². The number of ether oxygens (including phenoxy) is 2. The molecule has 2 aliphatic heterocycles. The van der Waals surface area contributed by atoms with E-state index < -0.39 is 86.3 Å². The lowest BCUT2D eigenvalue weighted by molar-refractivity contribution is -0.118. The zero-order valence-corrected chi connectivity index (χ0v) is 31.4. The predicted molar refractivity (Wildman–Crippen MR) is 194 cm³/mol. The average Bonchev–Trinajstić information content (AvgIpc) is 3.96. The number of H-pyrrole nitrogens is 1. The molecule has 0 saturated carbocycles. The van der Waals surface area contributed by atoms with Crippen molar-refractivity contribution in [2.75, 3.05) is 23.9 Å². The van der Waals surface area contributed by atoms with E-state index in [4.69, 9.17) is 18.5 Å². The van der Waals surface area contributed by atoms with E-state index >= 15 is 8.78 Å². The van der Waals surface area contributed by atoms with Gasteiger partial charge in [-0.3, -0.25) is 42.9 Å². The number of aromatic amines is 1. The minimum atomic E-state index is -4.23. The maximum absolute atomic E-state index is 16.0. The minimum Gasteiger partial charge on any atom is -0.387 e. The number of imidazole rings is 2. The number of aromatic nitrogens is 8. The normalized spacial score (nSPS) is 26.2. The van der Waals surface area contributed by atoms with E-state index in [1.807, 2.05) is 0 Å². The third-order valence-electron chi connectivity index (χ3n) is 9.58. The number of anilines is 2. The third-order valence-corrected chi connectivity index (χ3v) is 11.5. The monoisotopic (exact) mass is 800 g/mol. The van der Waals surface area contributed by atoms with E-state index in [1.54, 1.807) is 51.1 Å². The van der Waals surface area contributed by atoms with Crippen LogP contribution < -0.4 is 16.2 Å². The van der Waals surface area contributed by atoms with E-state index in [9.17, 15) is 24.1 Å². The number of carbonyl (C=O) groups is 2. The average molecular weight is 801 g/mol. The van der Waals surface area contributed by atoms with Crippen LogP contribution in [0, 0.1) is 5.92 Å². The molecule has 5 aromatic rings. The van der Waals surface area contributed by atoms with Gasteiger partial charge in [-0.2, -0.15) is 4.98 Å². The van der Waals surface area contributed by atoms with Crippen molar-refractivity contribution >= 4 is 53.5 Å². The Labute approximate surface area is 316 Å². The van der Waals surface area contributed by atoms with Crippen LogP contribution in [0.3, 0.4) is 0 Å². The maximum Gasteiger partial charge on any atom is 0.331 e. The van der Waals surface area contributed by atoms with Gasteiger partial charge in [0.2, 0.25) is 11.9 Å². The summed E-state index contributed by atoms with van der Waals surface area (Å²) in [6.07, 6.45) is -9.01. The number of aliphatic hydroxyl groups excluding tert-OH is 1. The van der Waals surface area contributed by atoms with Gasteiger partial charge in [0.05, 0.1) is 31.0 Å². The number of nitrogens with zero attached hydrogens (tertiary/aromatic N) is 7. The van der Waals surface area contributed by atoms with Crippen LogP contribution in [0.15, 0.2) is 54.1 Å². The minimum absolute atomic E-state index is 0.0619. The van der Waals surface area contributed by atoms with E-state index in [-0.39, 0.29) is 46.9 Å². The van der Waals surface area contributed by atoms with Gasteiger partial charge in [0.25, 0.3) is 11.5 Å². The van der Waals surface area contributed by atoms with Gasteiger partial charge in [-0.15, -0.1) is 0 Å². The molecule has 0 aliphatic carbocycles. The molecule has 0 radical (unpaired) electrons. The summed E-state index contributed by atoms with van der Waals surface area (Å²) in [5, 5.41) is 16.1. The Morgan fingerprint density at radius 1 is 0.982 bits per heavy atom. The van der Waals surface area contributed by atoms with E-state index in [0.717, 1.165) is 13.4 Å². The second kappa shape index (κ2) is 15.8. The van der Waals surface area contributed by atoms with E-state index in [0.29, 0.717) is 5.56 Å². The molecule has 2 saturated heterocycles. The molecule has 6 heterocycles. The lowest BCUT2D eigenvalue weighted by Gasteiger charge is -2.26. The highest BCUT2D eigenvalue weighted by Gasteiger charge is 2.51. The molecule has 1 aromatic carbocycles. The lowest BCUT2D eigenvalue weighted by Crippen LogP contribution is -2.32. The van der Waals surface area contributed by atoms with Crippen LogP contribution in [-0.2, 0) is 27.9 Å². The quantitative estimate of drug-likeness (QED) is 0.124. The molecule has 9 unspecified atom stereocenters. The van der Waals surface area contributed by atoms with Gasteiger partial charge in [-0.1, -0.05) is 39.0 Å². The highest BCUT2D eigenvalue weighted by Crippen LogP contribution is 2.54. The van der Waals surface area contributed by atoms with Crippen molar-refractivity contribution < 1.29 is 46.6 Å². The Morgan fingerprint density at radius 2 is 1.68 bits per heavy atom. The molecule has 56 heavy (non-hydrogen) atoms. The number of carbonyl (C=O) groups excluding carboxylic acids is 2. The van der Waals surface area contributed by atoms with Crippen molar-refractivity contribution in [2.45, 2.75) is 82.8 Å². The van der Waals surface area contributed by atoms with Crippen LogP contribution in [0.25, 0.3) is 22.3 Å². The van der Waals surface area contributed by atoms with Gasteiger partial charge >= 0.3 is 7.60 Å². The summed E-state index contributed by atoms with van der Waals surface area (Å²) in [7, 11) is -3.13. The van der Waals surface area contributed by atoms with Crippen LogP contribution in [-0.4, -0.2) is 106 Å². The number of rotatable bonds is 13. The second-order valence-electron chi connectivity index (χ2n) is 13.5. The van der Waals surface area contributed by atoms with Crippen LogP contribution in [0.1, 0.15) is 56.4 Å². The summed E-state index contributed by atoms with van der Waals surface area (Å²) >= 11 is 0. The number of hydrogen-bond acceptors (Lipinski definition) is 14.